The van der Waals surface area contributed by atoms with Crippen LogP contribution in [0.3, 0.4) is 0 Å². The molecule has 0 bridgehead atoms. The first kappa shape index (κ1) is 15.3. The van der Waals surface area contributed by atoms with E-state index in [4.69, 9.17) is 18.9 Å². The highest BCUT2D eigenvalue weighted by molar-refractivity contribution is 5.47. The molecule has 1 spiro atoms. The monoisotopic (exact) mass is 306 g/mol. The van der Waals surface area contributed by atoms with E-state index in [1.165, 1.54) is 0 Å². The first-order chi connectivity index (χ1) is 10.7. The van der Waals surface area contributed by atoms with Crippen LogP contribution in [0.15, 0.2) is 30.4 Å². The number of aliphatic hydroxyl groups excluding tert-OH is 1. The van der Waals surface area contributed by atoms with Crippen LogP contribution in [-0.2, 0) is 14.9 Å². The summed E-state index contributed by atoms with van der Waals surface area (Å²) in [7, 11) is 3.22. The Kier molecular flexibility index (Phi) is 4.12. The molecule has 0 amide bonds. The summed E-state index contributed by atoms with van der Waals surface area (Å²) >= 11 is 0. The standard InChI is InChI=1S/C17H22O5/c1-19-14-4-3-13(11-15(14)20-2)16(12-18)5-7-17(8-6-16)21-9-10-22-17/h3-5,7,11,18H,6,8-10,12H2,1-2H3. The van der Waals surface area contributed by atoms with Gasteiger partial charge in [0.1, 0.15) is 0 Å². The number of aliphatic hydroxyl groups is 1. The van der Waals surface area contributed by atoms with Gasteiger partial charge in [0.05, 0.1) is 34.0 Å². The first-order valence-corrected chi connectivity index (χ1v) is 7.49. The molecule has 5 nitrogen and oxygen atoms in total. The van der Waals surface area contributed by atoms with Crippen molar-refractivity contribution in [3.8, 4) is 11.5 Å². The van der Waals surface area contributed by atoms with Crippen molar-refractivity contribution in [2.75, 3.05) is 34.0 Å². The molecule has 1 saturated heterocycles. The maximum Gasteiger partial charge on any atom is 0.188 e. The zero-order valence-electron chi connectivity index (χ0n) is 13.0. The Balaban J connectivity index is 1.94. The SMILES string of the molecule is COc1ccc(C2(CO)C=CC3(CC2)OCCO3)cc1OC. The predicted molar refractivity (Wildman–Crippen MR) is 81.3 cm³/mol. The van der Waals surface area contributed by atoms with Crippen LogP contribution in [0.4, 0.5) is 0 Å². The topological polar surface area (TPSA) is 57.2 Å². The molecule has 1 N–H and O–H groups in total. The van der Waals surface area contributed by atoms with E-state index in [2.05, 4.69) is 0 Å². The molecule has 1 atom stereocenters. The molecule has 120 valence electrons. The minimum Gasteiger partial charge on any atom is -0.493 e. The van der Waals surface area contributed by atoms with Crippen LogP contribution in [0, 0.1) is 0 Å². The highest BCUT2D eigenvalue weighted by atomic mass is 16.7. The van der Waals surface area contributed by atoms with E-state index in [0.29, 0.717) is 24.7 Å². The zero-order chi connectivity index (χ0) is 15.6. The van der Waals surface area contributed by atoms with Gasteiger partial charge in [-0.3, -0.25) is 0 Å². The van der Waals surface area contributed by atoms with E-state index >= 15 is 0 Å². The van der Waals surface area contributed by atoms with Gasteiger partial charge in [0, 0.05) is 11.8 Å². The smallest absolute Gasteiger partial charge is 0.188 e. The van der Waals surface area contributed by atoms with Gasteiger partial charge in [0.2, 0.25) is 0 Å². The predicted octanol–water partition coefficient (Wildman–Crippen LogP) is 2.03. The Labute approximate surface area is 130 Å². The van der Waals surface area contributed by atoms with E-state index in [1.807, 2.05) is 30.4 Å². The van der Waals surface area contributed by atoms with Gasteiger partial charge in [-0.15, -0.1) is 0 Å². The fraction of sp³-hybridized carbons (Fsp3) is 0.529. The Morgan fingerprint density at radius 2 is 1.77 bits per heavy atom. The van der Waals surface area contributed by atoms with E-state index in [0.717, 1.165) is 18.4 Å². The summed E-state index contributed by atoms with van der Waals surface area (Å²) in [4.78, 5) is 0. The Hall–Kier alpha value is -1.56. The minimum atomic E-state index is -0.602. The van der Waals surface area contributed by atoms with E-state index in [-0.39, 0.29) is 6.61 Å². The van der Waals surface area contributed by atoms with Crippen LogP contribution in [0.1, 0.15) is 18.4 Å². The lowest BCUT2D eigenvalue weighted by Gasteiger charge is -2.38. The third-order valence-corrected chi connectivity index (χ3v) is 4.59. The first-order valence-electron chi connectivity index (χ1n) is 7.49. The number of methoxy groups -OCH3 is 2. The largest absolute Gasteiger partial charge is 0.493 e. The van der Waals surface area contributed by atoms with Crippen molar-refractivity contribution in [2.45, 2.75) is 24.0 Å². The van der Waals surface area contributed by atoms with Gasteiger partial charge in [0.15, 0.2) is 17.3 Å². The van der Waals surface area contributed by atoms with E-state index in [1.54, 1.807) is 14.2 Å². The lowest BCUT2D eigenvalue weighted by atomic mass is 9.72. The van der Waals surface area contributed by atoms with Gasteiger partial charge in [-0.05, 0) is 30.2 Å². The molecule has 22 heavy (non-hydrogen) atoms. The van der Waals surface area contributed by atoms with Gasteiger partial charge in [0.25, 0.3) is 0 Å². The van der Waals surface area contributed by atoms with Crippen molar-refractivity contribution in [1.29, 1.82) is 0 Å². The summed E-state index contributed by atoms with van der Waals surface area (Å²) < 4.78 is 22.0. The van der Waals surface area contributed by atoms with Crippen molar-refractivity contribution < 1.29 is 24.1 Å². The van der Waals surface area contributed by atoms with Gasteiger partial charge < -0.3 is 24.1 Å². The highest BCUT2D eigenvalue weighted by Crippen LogP contribution is 2.43. The molecule has 0 saturated carbocycles. The molecule has 1 aromatic carbocycles. The van der Waals surface area contributed by atoms with E-state index < -0.39 is 11.2 Å². The summed E-state index contributed by atoms with van der Waals surface area (Å²) in [5.41, 5.74) is 0.553. The minimum absolute atomic E-state index is 0.0229. The van der Waals surface area contributed by atoms with Crippen molar-refractivity contribution in [2.24, 2.45) is 0 Å². The second-order valence-electron chi connectivity index (χ2n) is 5.73. The molecule has 1 heterocycles. The molecular formula is C17H22O5. The summed E-state index contributed by atoms with van der Waals surface area (Å²) in [6.07, 6.45) is 5.41. The van der Waals surface area contributed by atoms with Crippen LogP contribution in [0.2, 0.25) is 0 Å². The van der Waals surface area contributed by atoms with Gasteiger partial charge >= 0.3 is 0 Å². The average molecular weight is 306 g/mol. The molecule has 2 aliphatic rings. The zero-order valence-corrected chi connectivity index (χ0v) is 13.0. The quantitative estimate of drug-likeness (QED) is 0.863. The van der Waals surface area contributed by atoms with Crippen molar-refractivity contribution in [1.82, 2.24) is 0 Å². The number of rotatable bonds is 4. The van der Waals surface area contributed by atoms with Gasteiger partial charge in [-0.25, -0.2) is 0 Å². The van der Waals surface area contributed by atoms with E-state index in [9.17, 15) is 5.11 Å². The third-order valence-electron chi connectivity index (χ3n) is 4.59. The molecule has 0 radical (unpaired) electrons. The lowest BCUT2D eigenvalue weighted by Crippen LogP contribution is -2.39. The van der Waals surface area contributed by atoms with Crippen LogP contribution < -0.4 is 9.47 Å². The summed E-state index contributed by atoms with van der Waals surface area (Å²) in [5, 5.41) is 10.0. The summed E-state index contributed by atoms with van der Waals surface area (Å²) in [6.45, 7) is 1.26. The van der Waals surface area contributed by atoms with Gasteiger partial charge in [-0.1, -0.05) is 12.1 Å². The number of ether oxygens (including phenoxy) is 4. The second-order valence-corrected chi connectivity index (χ2v) is 5.73. The maximum absolute atomic E-state index is 10.0. The summed E-state index contributed by atoms with van der Waals surface area (Å²) in [6, 6.07) is 5.76. The summed E-state index contributed by atoms with van der Waals surface area (Å²) in [5.74, 6) is 0.739. The number of hydrogen-bond donors (Lipinski definition) is 1. The molecule has 0 aromatic heterocycles. The Morgan fingerprint density at radius 1 is 1.05 bits per heavy atom. The fourth-order valence-corrected chi connectivity index (χ4v) is 3.17. The molecular weight excluding hydrogens is 284 g/mol. The molecule has 3 rings (SSSR count). The normalized spacial score (nSPS) is 26.3. The second kappa shape index (κ2) is 5.91. The number of benzene rings is 1. The molecule has 5 heteroatoms. The lowest BCUT2D eigenvalue weighted by molar-refractivity contribution is -0.129. The van der Waals surface area contributed by atoms with Crippen molar-refractivity contribution in [3.63, 3.8) is 0 Å². The van der Waals surface area contributed by atoms with Crippen LogP contribution in [0.25, 0.3) is 0 Å². The maximum atomic E-state index is 10.0. The molecule has 1 unspecified atom stereocenters. The molecule has 1 aromatic rings. The third kappa shape index (κ3) is 2.49. The average Bonchev–Trinajstić information content (AvgIpc) is 3.04. The number of hydrogen-bond acceptors (Lipinski definition) is 5. The fourth-order valence-electron chi connectivity index (χ4n) is 3.17. The Bertz CT molecular complexity index is 562. The molecule has 1 aliphatic heterocycles. The Morgan fingerprint density at radius 3 is 2.32 bits per heavy atom. The van der Waals surface area contributed by atoms with Gasteiger partial charge in [-0.2, -0.15) is 0 Å². The van der Waals surface area contributed by atoms with Crippen LogP contribution in [-0.4, -0.2) is 44.9 Å². The van der Waals surface area contributed by atoms with Crippen molar-refractivity contribution >= 4 is 0 Å². The van der Waals surface area contributed by atoms with Crippen LogP contribution >= 0.6 is 0 Å². The molecule has 1 fully saturated rings. The van der Waals surface area contributed by atoms with Crippen molar-refractivity contribution in [3.05, 3.63) is 35.9 Å². The highest BCUT2D eigenvalue weighted by Gasteiger charge is 2.43. The van der Waals surface area contributed by atoms with Crippen LogP contribution in [0.5, 0.6) is 11.5 Å². The molecule has 1 aliphatic carbocycles.